The molecule has 0 radical (unpaired) electrons. The second-order valence-electron chi connectivity index (χ2n) is 5.00. The minimum absolute atomic E-state index is 0.0555. The molecule has 0 aromatic heterocycles. The Morgan fingerprint density at radius 3 is 2.23 bits per heavy atom. The van der Waals surface area contributed by atoms with Crippen LogP contribution in [0.15, 0.2) is 30.3 Å². The number of ether oxygens (including phenoxy) is 1. The van der Waals surface area contributed by atoms with Crippen molar-refractivity contribution in [1.29, 1.82) is 0 Å². The van der Waals surface area contributed by atoms with E-state index in [1.54, 1.807) is 12.1 Å². The number of carboxylic acids is 1. The van der Waals surface area contributed by atoms with Crippen LogP contribution in [0.5, 0.6) is 0 Å². The van der Waals surface area contributed by atoms with Crippen LogP contribution in [0.1, 0.15) is 12.0 Å². The summed E-state index contributed by atoms with van der Waals surface area (Å²) in [6.45, 7) is 0.0555. The van der Waals surface area contributed by atoms with Gasteiger partial charge in [-0.25, -0.2) is 4.79 Å². The molecule has 0 aliphatic heterocycles. The molecule has 0 fully saturated rings. The number of carboxylic acid groups (broad SMARTS) is 1. The summed E-state index contributed by atoms with van der Waals surface area (Å²) in [5.74, 6) is -1.63. The van der Waals surface area contributed by atoms with Gasteiger partial charge in [0.15, 0.2) is 0 Å². The van der Waals surface area contributed by atoms with Crippen LogP contribution >= 0.6 is 0 Å². The molecule has 1 unspecified atom stereocenters. The number of likely N-dealkylation sites (N-methyl/N-ethyl adjacent to an activating group) is 2. The minimum Gasteiger partial charge on any atom is -0.481 e. The summed E-state index contributed by atoms with van der Waals surface area (Å²) in [5.41, 5.74) is 0.804. The van der Waals surface area contributed by atoms with Crippen LogP contribution in [0, 0.1) is 0 Å². The summed E-state index contributed by atoms with van der Waals surface area (Å²) in [7, 11) is 4.35. The van der Waals surface area contributed by atoms with E-state index in [1.807, 2.05) is 18.2 Å². The van der Waals surface area contributed by atoms with E-state index in [0.29, 0.717) is 0 Å². The molecule has 0 aliphatic rings. The molecule has 0 aliphatic carbocycles. The highest BCUT2D eigenvalue weighted by Gasteiger charge is 2.31. The number of benzene rings is 1. The smallest absolute Gasteiger partial charge is 0.410 e. The van der Waals surface area contributed by atoms with Gasteiger partial charge < -0.3 is 14.7 Å². The lowest BCUT2D eigenvalue weighted by atomic mass is 10.1. The van der Waals surface area contributed by atoms with Crippen molar-refractivity contribution in [2.24, 2.45) is 0 Å². The Labute approximate surface area is 129 Å². The van der Waals surface area contributed by atoms with Crippen molar-refractivity contribution in [3.63, 3.8) is 0 Å². The Morgan fingerprint density at radius 1 is 1.14 bits per heavy atom. The van der Waals surface area contributed by atoms with Gasteiger partial charge in [-0.2, -0.15) is 0 Å². The monoisotopic (exact) mass is 308 g/mol. The number of rotatable bonds is 6. The number of hydrogen-bond donors (Lipinski definition) is 1. The van der Waals surface area contributed by atoms with Gasteiger partial charge in [0.05, 0.1) is 6.42 Å². The molecular weight excluding hydrogens is 288 g/mol. The van der Waals surface area contributed by atoms with Gasteiger partial charge in [0.1, 0.15) is 12.6 Å². The molecule has 0 heterocycles. The number of hydrogen-bond acceptors (Lipinski definition) is 4. The first-order chi connectivity index (χ1) is 10.3. The second-order valence-corrected chi connectivity index (χ2v) is 5.00. The number of amides is 2. The fourth-order valence-electron chi connectivity index (χ4n) is 1.80. The molecular formula is C15H20N2O5. The zero-order chi connectivity index (χ0) is 16.7. The first-order valence-electron chi connectivity index (χ1n) is 6.69. The molecule has 1 N–H and O–H groups in total. The van der Waals surface area contributed by atoms with Crippen molar-refractivity contribution in [3.8, 4) is 0 Å². The standard InChI is InChI=1S/C15H20N2O5/c1-16(2)14(20)12(9-13(18)19)17(3)15(21)22-10-11-7-5-4-6-8-11/h4-8,12H,9-10H2,1-3H3,(H,18,19). The highest BCUT2D eigenvalue weighted by Crippen LogP contribution is 2.09. The molecule has 0 saturated carbocycles. The molecule has 1 aromatic carbocycles. The number of aliphatic carboxylic acids is 1. The fraction of sp³-hybridized carbons (Fsp3) is 0.400. The van der Waals surface area contributed by atoms with Crippen molar-refractivity contribution in [1.82, 2.24) is 9.80 Å². The third-order valence-corrected chi connectivity index (χ3v) is 3.05. The summed E-state index contributed by atoms with van der Waals surface area (Å²) in [5, 5.41) is 8.90. The molecule has 1 aromatic rings. The summed E-state index contributed by atoms with van der Waals surface area (Å²) in [4.78, 5) is 37.2. The van der Waals surface area contributed by atoms with E-state index >= 15 is 0 Å². The second kappa shape index (κ2) is 8.02. The van der Waals surface area contributed by atoms with Crippen LogP contribution in [-0.2, 0) is 20.9 Å². The van der Waals surface area contributed by atoms with Crippen molar-refractivity contribution in [2.45, 2.75) is 19.1 Å². The van der Waals surface area contributed by atoms with E-state index in [9.17, 15) is 14.4 Å². The molecule has 0 saturated heterocycles. The third-order valence-electron chi connectivity index (χ3n) is 3.05. The lowest BCUT2D eigenvalue weighted by Crippen LogP contribution is -2.48. The Morgan fingerprint density at radius 2 is 1.73 bits per heavy atom. The van der Waals surface area contributed by atoms with Crippen molar-refractivity contribution < 1.29 is 24.2 Å². The van der Waals surface area contributed by atoms with E-state index in [-0.39, 0.29) is 6.61 Å². The Bertz CT molecular complexity index is 530. The zero-order valence-electron chi connectivity index (χ0n) is 12.9. The van der Waals surface area contributed by atoms with Crippen LogP contribution in [0.25, 0.3) is 0 Å². The summed E-state index contributed by atoms with van der Waals surface area (Å²) >= 11 is 0. The van der Waals surface area contributed by atoms with Crippen LogP contribution in [0.4, 0.5) is 4.79 Å². The Hall–Kier alpha value is -2.57. The Balaban J connectivity index is 2.71. The average molecular weight is 308 g/mol. The predicted molar refractivity (Wildman–Crippen MR) is 79.1 cm³/mol. The maximum atomic E-state index is 12.0. The van der Waals surface area contributed by atoms with Crippen LogP contribution in [-0.4, -0.2) is 60.1 Å². The SMILES string of the molecule is CN(C)C(=O)C(CC(=O)O)N(C)C(=O)OCc1ccccc1. The molecule has 1 rings (SSSR count). The predicted octanol–water partition coefficient (Wildman–Crippen LogP) is 1.19. The van der Waals surface area contributed by atoms with Gasteiger partial charge in [-0.05, 0) is 5.56 Å². The molecule has 2 amide bonds. The highest BCUT2D eigenvalue weighted by atomic mass is 16.6. The molecule has 0 spiro atoms. The molecule has 120 valence electrons. The van der Waals surface area contributed by atoms with E-state index in [0.717, 1.165) is 10.5 Å². The largest absolute Gasteiger partial charge is 0.481 e. The van der Waals surface area contributed by atoms with E-state index in [4.69, 9.17) is 9.84 Å². The molecule has 1 atom stereocenters. The quantitative estimate of drug-likeness (QED) is 0.853. The van der Waals surface area contributed by atoms with Crippen LogP contribution in [0.2, 0.25) is 0 Å². The molecule has 7 nitrogen and oxygen atoms in total. The van der Waals surface area contributed by atoms with Gasteiger partial charge >= 0.3 is 12.1 Å². The van der Waals surface area contributed by atoms with Gasteiger partial charge in [-0.3, -0.25) is 14.5 Å². The van der Waals surface area contributed by atoms with Crippen LogP contribution in [0.3, 0.4) is 0 Å². The van der Waals surface area contributed by atoms with Crippen molar-refractivity contribution >= 4 is 18.0 Å². The van der Waals surface area contributed by atoms with E-state index in [2.05, 4.69) is 0 Å². The number of nitrogens with zero attached hydrogens (tertiary/aromatic N) is 2. The first-order valence-corrected chi connectivity index (χ1v) is 6.69. The first kappa shape index (κ1) is 17.5. The van der Waals surface area contributed by atoms with E-state index in [1.165, 1.54) is 26.0 Å². The topological polar surface area (TPSA) is 87.2 Å². The molecule has 22 heavy (non-hydrogen) atoms. The Kier molecular flexibility index (Phi) is 6.37. The van der Waals surface area contributed by atoms with Gasteiger partial charge in [-0.1, -0.05) is 30.3 Å². The summed E-state index contributed by atoms with van der Waals surface area (Å²) in [6, 6.07) is 7.97. The third kappa shape index (κ3) is 5.08. The maximum absolute atomic E-state index is 12.0. The number of carbonyl (C=O) groups is 3. The lowest BCUT2D eigenvalue weighted by Gasteiger charge is -2.27. The summed E-state index contributed by atoms with van der Waals surface area (Å²) in [6.07, 6.45) is -1.22. The van der Waals surface area contributed by atoms with Crippen LogP contribution < -0.4 is 0 Å². The normalized spacial score (nSPS) is 11.4. The average Bonchev–Trinajstić information content (AvgIpc) is 2.49. The van der Waals surface area contributed by atoms with Gasteiger partial charge in [0.2, 0.25) is 5.91 Å². The van der Waals surface area contributed by atoms with Gasteiger partial charge in [-0.15, -0.1) is 0 Å². The lowest BCUT2D eigenvalue weighted by molar-refractivity contribution is -0.143. The van der Waals surface area contributed by atoms with E-state index < -0.39 is 30.4 Å². The van der Waals surface area contributed by atoms with Crippen molar-refractivity contribution in [2.75, 3.05) is 21.1 Å². The minimum atomic E-state index is -1.16. The molecule has 7 heteroatoms. The zero-order valence-corrected chi connectivity index (χ0v) is 12.9. The van der Waals surface area contributed by atoms with Gasteiger partial charge in [0.25, 0.3) is 0 Å². The van der Waals surface area contributed by atoms with Gasteiger partial charge in [0, 0.05) is 21.1 Å². The summed E-state index contributed by atoms with van der Waals surface area (Å²) < 4.78 is 5.11. The highest BCUT2D eigenvalue weighted by molar-refractivity contribution is 5.88. The maximum Gasteiger partial charge on any atom is 0.410 e. The van der Waals surface area contributed by atoms with Crippen molar-refractivity contribution in [3.05, 3.63) is 35.9 Å². The molecule has 0 bridgehead atoms. The fourth-order valence-corrected chi connectivity index (χ4v) is 1.80. The number of carbonyl (C=O) groups excluding carboxylic acids is 2.